The predicted octanol–water partition coefficient (Wildman–Crippen LogP) is 1.80. The lowest BCUT2D eigenvalue weighted by Gasteiger charge is -2.03. The molecule has 0 aliphatic carbocycles. The van der Waals surface area contributed by atoms with Gasteiger partial charge in [0.1, 0.15) is 0 Å². The standard InChI is InChI=1S/C7H6ClNO5S/c1-4-5(8)2-3-6(15(12,13)14)7(4)9(10)11/h2-3H,1H3,(H,12,13,14). The van der Waals surface area contributed by atoms with Crippen LogP contribution < -0.4 is 0 Å². The highest BCUT2D eigenvalue weighted by atomic mass is 35.5. The summed E-state index contributed by atoms with van der Waals surface area (Å²) in [7, 11) is -4.62. The maximum Gasteiger partial charge on any atom is 0.301 e. The molecule has 6 nitrogen and oxygen atoms in total. The second-order valence-corrected chi connectivity index (χ2v) is 4.55. The molecule has 0 atom stereocenters. The van der Waals surface area contributed by atoms with Gasteiger partial charge < -0.3 is 0 Å². The Bertz CT molecular complexity index is 524. The topological polar surface area (TPSA) is 97.5 Å². The van der Waals surface area contributed by atoms with E-state index in [1.807, 2.05) is 0 Å². The number of rotatable bonds is 2. The highest BCUT2D eigenvalue weighted by Gasteiger charge is 2.27. The Morgan fingerprint density at radius 2 is 2.00 bits per heavy atom. The zero-order valence-corrected chi connectivity index (χ0v) is 9.04. The van der Waals surface area contributed by atoms with Crippen molar-refractivity contribution < 1.29 is 17.9 Å². The molecule has 1 aromatic carbocycles. The van der Waals surface area contributed by atoms with Crippen molar-refractivity contribution in [2.75, 3.05) is 0 Å². The van der Waals surface area contributed by atoms with Gasteiger partial charge in [0, 0.05) is 5.56 Å². The van der Waals surface area contributed by atoms with Crippen LogP contribution in [0.2, 0.25) is 5.02 Å². The first-order chi connectivity index (χ1) is 6.75. The second kappa shape index (κ2) is 3.76. The average Bonchev–Trinajstić information content (AvgIpc) is 2.06. The molecule has 0 unspecified atom stereocenters. The lowest BCUT2D eigenvalue weighted by Crippen LogP contribution is -2.05. The average molecular weight is 252 g/mol. The third-order valence-electron chi connectivity index (χ3n) is 1.79. The van der Waals surface area contributed by atoms with Crippen LogP contribution in [0.3, 0.4) is 0 Å². The SMILES string of the molecule is Cc1c(Cl)ccc(S(=O)(=O)O)c1[N+](=O)[O-]. The number of nitrogens with zero attached hydrogens (tertiary/aromatic N) is 1. The number of hydrogen-bond donors (Lipinski definition) is 1. The number of nitro benzene ring substituents is 1. The van der Waals surface area contributed by atoms with Gasteiger partial charge in [0.25, 0.3) is 5.69 Å². The molecule has 1 N–H and O–H groups in total. The molecule has 0 aromatic heterocycles. The third kappa shape index (κ3) is 2.25. The van der Waals surface area contributed by atoms with Crippen molar-refractivity contribution in [2.45, 2.75) is 11.8 Å². The van der Waals surface area contributed by atoms with Crippen molar-refractivity contribution >= 4 is 27.4 Å². The normalized spacial score (nSPS) is 11.4. The summed E-state index contributed by atoms with van der Waals surface area (Å²) in [4.78, 5) is 8.96. The predicted molar refractivity (Wildman–Crippen MR) is 52.7 cm³/mol. The summed E-state index contributed by atoms with van der Waals surface area (Å²) in [5, 5.41) is 10.7. The Morgan fingerprint density at radius 3 is 2.40 bits per heavy atom. The lowest BCUT2D eigenvalue weighted by molar-refractivity contribution is -0.388. The Kier molecular flexibility index (Phi) is 2.98. The van der Waals surface area contributed by atoms with Crippen LogP contribution in [-0.4, -0.2) is 17.9 Å². The van der Waals surface area contributed by atoms with Gasteiger partial charge in [-0.15, -0.1) is 0 Å². The molecule has 0 amide bonds. The Hall–Kier alpha value is -1.18. The lowest BCUT2D eigenvalue weighted by atomic mass is 10.2. The highest BCUT2D eigenvalue weighted by molar-refractivity contribution is 7.86. The largest absolute Gasteiger partial charge is 0.301 e. The summed E-state index contributed by atoms with van der Waals surface area (Å²) in [5.41, 5.74) is -0.707. The first-order valence-electron chi connectivity index (χ1n) is 3.66. The van der Waals surface area contributed by atoms with E-state index in [0.717, 1.165) is 6.07 Å². The van der Waals surface area contributed by atoms with E-state index in [1.54, 1.807) is 0 Å². The van der Waals surface area contributed by atoms with Crippen molar-refractivity contribution in [1.82, 2.24) is 0 Å². The van der Waals surface area contributed by atoms with Crippen LogP contribution in [0.5, 0.6) is 0 Å². The number of nitro groups is 1. The van der Waals surface area contributed by atoms with Crippen LogP contribution >= 0.6 is 11.6 Å². The maximum absolute atomic E-state index is 10.8. The molecule has 0 bridgehead atoms. The fourth-order valence-corrected chi connectivity index (χ4v) is 1.95. The fraction of sp³-hybridized carbons (Fsp3) is 0.143. The monoisotopic (exact) mass is 251 g/mol. The Balaban J connectivity index is 3.70. The van der Waals surface area contributed by atoms with Gasteiger partial charge in [-0.25, -0.2) is 0 Å². The molecule has 0 heterocycles. The first-order valence-corrected chi connectivity index (χ1v) is 5.48. The second-order valence-electron chi connectivity index (χ2n) is 2.75. The van der Waals surface area contributed by atoms with Crippen molar-refractivity contribution in [3.63, 3.8) is 0 Å². The highest BCUT2D eigenvalue weighted by Crippen LogP contribution is 2.32. The molecule has 0 aliphatic rings. The zero-order chi connectivity index (χ0) is 11.8. The summed E-state index contributed by atoms with van der Waals surface area (Å²) in [5.74, 6) is 0. The summed E-state index contributed by atoms with van der Waals surface area (Å²) in [6, 6.07) is 2.07. The van der Waals surface area contributed by atoms with Crippen LogP contribution in [0.15, 0.2) is 17.0 Å². The molecular formula is C7H6ClNO5S. The van der Waals surface area contributed by atoms with Crippen LogP contribution in [0, 0.1) is 17.0 Å². The van der Waals surface area contributed by atoms with E-state index in [1.165, 1.54) is 13.0 Å². The minimum absolute atomic E-state index is 0.00297. The third-order valence-corrected chi connectivity index (χ3v) is 3.08. The minimum Gasteiger partial charge on any atom is -0.282 e. The van der Waals surface area contributed by atoms with Gasteiger partial charge in [-0.1, -0.05) is 11.6 Å². The molecule has 0 fully saturated rings. The van der Waals surface area contributed by atoms with Crippen LogP contribution in [0.25, 0.3) is 0 Å². The van der Waals surface area contributed by atoms with E-state index in [-0.39, 0.29) is 10.6 Å². The van der Waals surface area contributed by atoms with Crippen molar-refractivity contribution in [3.05, 3.63) is 32.8 Å². The van der Waals surface area contributed by atoms with Gasteiger partial charge in [0.05, 0.1) is 9.95 Å². The van der Waals surface area contributed by atoms with Gasteiger partial charge >= 0.3 is 10.1 Å². The smallest absolute Gasteiger partial charge is 0.282 e. The van der Waals surface area contributed by atoms with E-state index in [2.05, 4.69) is 0 Å². The van der Waals surface area contributed by atoms with Gasteiger partial charge in [-0.2, -0.15) is 8.42 Å². The van der Waals surface area contributed by atoms with Gasteiger partial charge in [0.15, 0.2) is 4.90 Å². The zero-order valence-electron chi connectivity index (χ0n) is 7.47. The van der Waals surface area contributed by atoms with Crippen LogP contribution in [-0.2, 0) is 10.1 Å². The first kappa shape index (κ1) is 11.9. The van der Waals surface area contributed by atoms with Crippen LogP contribution in [0.1, 0.15) is 5.56 Å². The summed E-state index contributed by atoms with van der Waals surface area (Å²) < 4.78 is 30.4. The fourth-order valence-electron chi connectivity index (χ4n) is 1.09. The molecule has 0 radical (unpaired) electrons. The molecule has 1 aromatic rings. The van der Waals surface area contributed by atoms with E-state index in [4.69, 9.17) is 16.2 Å². The van der Waals surface area contributed by atoms with E-state index in [9.17, 15) is 18.5 Å². The number of benzene rings is 1. The van der Waals surface area contributed by atoms with Crippen LogP contribution in [0.4, 0.5) is 5.69 Å². The van der Waals surface area contributed by atoms with Gasteiger partial charge in [0.2, 0.25) is 0 Å². The Morgan fingerprint density at radius 1 is 1.47 bits per heavy atom. The molecule has 0 saturated heterocycles. The van der Waals surface area contributed by atoms with Crippen molar-refractivity contribution in [1.29, 1.82) is 0 Å². The summed E-state index contributed by atoms with van der Waals surface area (Å²) >= 11 is 5.60. The molecule has 0 aliphatic heterocycles. The molecule has 8 heteroatoms. The molecular weight excluding hydrogens is 246 g/mol. The molecule has 1 rings (SSSR count). The van der Waals surface area contributed by atoms with Crippen molar-refractivity contribution in [3.8, 4) is 0 Å². The molecule has 15 heavy (non-hydrogen) atoms. The van der Waals surface area contributed by atoms with Gasteiger partial charge in [-0.3, -0.25) is 14.7 Å². The molecule has 0 spiro atoms. The quantitative estimate of drug-likeness (QED) is 0.491. The summed E-state index contributed by atoms with van der Waals surface area (Å²) in [6.07, 6.45) is 0. The summed E-state index contributed by atoms with van der Waals surface area (Å²) in [6.45, 7) is 1.30. The number of hydrogen-bond acceptors (Lipinski definition) is 4. The van der Waals surface area contributed by atoms with E-state index >= 15 is 0 Å². The molecule has 82 valence electrons. The van der Waals surface area contributed by atoms with E-state index < -0.39 is 25.6 Å². The van der Waals surface area contributed by atoms with Crippen molar-refractivity contribution in [2.24, 2.45) is 0 Å². The van der Waals surface area contributed by atoms with Gasteiger partial charge in [-0.05, 0) is 19.1 Å². The maximum atomic E-state index is 10.8. The Labute approximate surface area is 90.4 Å². The van der Waals surface area contributed by atoms with E-state index in [0.29, 0.717) is 0 Å². The number of halogens is 1. The molecule has 0 saturated carbocycles. The minimum atomic E-state index is -4.62.